The van der Waals surface area contributed by atoms with Gasteiger partial charge < -0.3 is 14.1 Å². The fourth-order valence-electron chi connectivity index (χ4n) is 3.16. The second kappa shape index (κ2) is 6.78. The van der Waals surface area contributed by atoms with E-state index in [1.54, 1.807) is 0 Å². The molecule has 3 rings (SSSR count). The van der Waals surface area contributed by atoms with E-state index < -0.39 is 5.43 Å². The van der Waals surface area contributed by atoms with Crippen molar-refractivity contribution in [1.82, 2.24) is 14.8 Å². The van der Waals surface area contributed by atoms with Crippen LogP contribution >= 0.6 is 11.8 Å². The molecule has 2 heterocycles. The third-order valence-electron chi connectivity index (χ3n) is 4.32. The molecule has 1 aliphatic carbocycles. The molecule has 0 amide bonds. The zero-order valence-electron chi connectivity index (χ0n) is 13.4. The number of nitrogens with zero attached hydrogens (tertiary/aromatic N) is 3. The van der Waals surface area contributed by atoms with E-state index in [1.165, 1.54) is 30.7 Å². The van der Waals surface area contributed by atoms with Crippen LogP contribution in [-0.2, 0) is 5.75 Å². The Kier molecular flexibility index (Phi) is 4.75. The summed E-state index contributed by atoms with van der Waals surface area (Å²) in [5.41, 5.74) is -0.425. The maximum Gasteiger partial charge on any atom is 0.226 e. The van der Waals surface area contributed by atoms with Crippen LogP contribution in [0.4, 0.5) is 0 Å². The number of aromatic nitrogens is 3. The molecule has 2 atom stereocenters. The number of rotatable bonds is 4. The van der Waals surface area contributed by atoms with E-state index in [0.717, 1.165) is 36.0 Å². The highest BCUT2D eigenvalue weighted by atomic mass is 32.2. The van der Waals surface area contributed by atoms with Crippen LogP contribution in [0, 0.1) is 12.8 Å². The van der Waals surface area contributed by atoms with Gasteiger partial charge in [0.05, 0.1) is 5.75 Å². The molecule has 23 heavy (non-hydrogen) atoms. The van der Waals surface area contributed by atoms with E-state index in [1.807, 2.05) is 6.92 Å². The molecule has 0 radical (unpaired) electrons. The summed E-state index contributed by atoms with van der Waals surface area (Å²) in [4.78, 5) is 11.5. The van der Waals surface area contributed by atoms with Gasteiger partial charge in [0.1, 0.15) is 17.8 Å². The Bertz CT molecular complexity index is 740. The lowest BCUT2D eigenvalue weighted by atomic mass is 9.87. The van der Waals surface area contributed by atoms with Crippen LogP contribution in [0.2, 0.25) is 0 Å². The summed E-state index contributed by atoms with van der Waals surface area (Å²) in [5, 5.41) is 18.6. The van der Waals surface area contributed by atoms with Gasteiger partial charge in [-0.25, -0.2) is 0 Å². The van der Waals surface area contributed by atoms with E-state index in [2.05, 4.69) is 21.7 Å². The normalized spacial score (nSPS) is 21.5. The molecule has 2 aromatic rings. The zero-order chi connectivity index (χ0) is 16.4. The van der Waals surface area contributed by atoms with E-state index in [-0.39, 0.29) is 5.75 Å². The third kappa shape index (κ3) is 3.60. The molecule has 0 aromatic carbocycles. The monoisotopic (exact) mass is 335 g/mol. The number of aryl methyl sites for hydroxylation is 1. The summed E-state index contributed by atoms with van der Waals surface area (Å²) < 4.78 is 7.46. The summed E-state index contributed by atoms with van der Waals surface area (Å²) in [6.45, 7) is 4.28. The summed E-state index contributed by atoms with van der Waals surface area (Å²) in [6, 6.07) is 1.77. The minimum Gasteiger partial charge on any atom is -0.502 e. The second-order valence-electron chi connectivity index (χ2n) is 6.21. The predicted octanol–water partition coefficient (Wildman–Crippen LogP) is 3.29. The van der Waals surface area contributed by atoms with Crippen molar-refractivity contribution < 1.29 is 9.52 Å². The van der Waals surface area contributed by atoms with Crippen LogP contribution in [0.25, 0.3) is 0 Å². The largest absolute Gasteiger partial charge is 0.502 e. The fraction of sp³-hybridized carbons (Fsp3) is 0.562. The highest BCUT2D eigenvalue weighted by Gasteiger charge is 2.24. The van der Waals surface area contributed by atoms with E-state index in [0.29, 0.717) is 17.6 Å². The quantitative estimate of drug-likeness (QED) is 0.864. The predicted molar refractivity (Wildman–Crippen MR) is 87.6 cm³/mol. The Morgan fingerprint density at radius 2 is 2.26 bits per heavy atom. The minimum atomic E-state index is -0.425. The Morgan fingerprint density at radius 1 is 1.43 bits per heavy atom. The first-order valence-electron chi connectivity index (χ1n) is 7.89. The van der Waals surface area contributed by atoms with E-state index >= 15 is 0 Å². The van der Waals surface area contributed by atoms with Crippen LogP contribution in [0.1, 0.15) is 50.2 Å². The molecule has 0 saturated heterocycles. The van der Waals surface area contributed by atoms with Crippen molar-refractivity contribution in [1.29, 1.82) is 0 Å². The lowest BCUT2D eigenvalue weighted by Crippen LogP contribution is -2.19. The van der Waals surface area contributed by atoms with Gasteiger partial charge in [0.2, 0.25) is 5.43 Å². The van der Waals surface area contributed by atoms with Crippen molar-refractivity contribution in [2.75, 3.05) is 0 Å². The van der Waals surface area contributed by atoms with Crippen molar-refractivity contribution in [2.45, 2.75) is 56.5 Å². The first-order valence-corrected chi connectivity index (χ1v) is 8.88. The maximum atomic E-state index is 11.5. The number of hydrogen-bond acceptors (Lipinski definition) is 6. The number of hydrogen-bond donors (Lipinski definition) is 1. The summed E-state index contributed by atoms with van der Waals surface area (Å²) in [5.74, 6) is 2.29. The molecule has 0 spiro atoms. The molecule has 0 bridgehead atoms. The fourth-order valence-corrected chi connectivity index (χ4v) is 4.10. The first-order chi connectivity index (χ1) is 11.0. The third-order valence-corrected chi connectivity index (χ3v) is 5.28. The highest BCUT2D eigenvalue weighted by Crippen LogP contribution is 2.35. The Balaban J connectivity index is 1.75. The molecule has 0 aliphatic heterocycles. The molecule has 1 fully saturated rings. The molecule has 124 valence electrons. The average Bonchev–Trinajstić information content (AvgIpc) is 2.89. The Labute approximate surface area is 138 Å². The number of thioether (sulfide) groups is 1. The van der Waals surface area contributed by atoms with Crippen LogP contribution in [-0.4, -0.2) is 19.9 Å². The smallest absolute Gasteiger partial charge is 0.226 e. The molecule has 0 unspecified atom stereocenters. The van der Waals surface area contributed by atoms with Crippen LogP contribution in [0.3, 0.4) is 0 Å². The molecular formula is C16H21N3O3S. The molecule has 6 nitrogen and oxygen atoms in total. The van der Waals surface area contributed by atoms with Gasteiger partial charge in [0.25, 0.3) is 0 Å². The van der Waals surface area contributed by atoms with Crippen molar-refractivity contribution in [2.24, 2.45) is 5.92 Å². The number of aromatic hydroxyl groups is 1. The lowest BCUT2D eigenvalue weighted by molar-refractivity contribution is 0.268. The molecule has 2 aromatic heterocycles. The lowest BCUT2D eigenvalue weighted by Gasteiger charge is -2.29. The van der Waals surface area contributed by atoms with Gasteiger partial charge in [-0.05, 0) is 25.7 Å². The van der Waals surface area contributed by atoms with Crippen LogP contribution < -0.4 is 5.43 Å². The van der Waals surface area contributed by atoms with Crippen molar-refractivity contribution in [3.05, 3.63) is 34.1 Å². The van der Waals surface area contributed by atoms with Gasteiger partial charge in [-0.3, -0.25) is 4.79 Å². The SMILES string of the molecule is Cc1nnc(SCc2cc(=O)c(O)co2)n1[C@H]1CCC[C@@H](C)C1. The average molecular weight is 335 g/mol. The van der Waals surface area contributed by atoms with Crippen LogP contribution in [0.15, 0.2) is 26.7 Å². The molecular weight excluding hydrogens is 314 g/mol. The van der Waals surface area contributed by atoms with Crippen LogP contribution in [0.5, 0.6) is 5.75 Å². The minimum absolute atomic E-state index is 0.367. The second-order valence-corrected chi connectivity index (χ2v) is 7.15. The van der Waals surface area contributed by atoms with Gasteiger partial charge in [-0.1, -0.05) is 31.5 Å². The van der Waals surface area contributed by atoms with Gasteiger partial charge in [0, 0.05) is 12.1 Å². The first kappa shape index (κ1) is 16.1. The van der Waals surface area contributed by atoms with E-state index in [9.17, 15) is 9.90 Å². The van der Waals surface area contributed by atoms with E-state index in [4.69, 9.17) is 4.42 Å². The standard InChI is InChI=1S/C16H21N3O3S/c1-10-4-3-5-12(6-10)19-11(2)17-18-16(19)23-9-13-7-14(20)15(21)8-22-13/h7-8,10,12,21H,3-6,9H2,1-2H3/t10-,12+/m1/s1. The van der Waals surface area contributed by atoms with Gasteiger partial charge in [-0.15, -0.1) is 10.2 Å². The molecule has 7 heteroatoms. The molecule has 1 saturated carbocycles. The van der Waals surface area contributed by atoms with Crippen molar-refractivity contribution in [3.63, 3.8) is 0 Å². The van der Waals surface area contributed by atoms with Crippen molar-refractivity contribution in [3.8, 4) is 5.75 Å². The summed E-state index contributed by atoms with van der Waals surface area (Å²) in [6.07, 6.45) is 5.92. The van der Waals surface area contributed by atoms with Gasteiger partial charge in [0.15, 0.2) is 10.9 Å². The topological polar surface area (TPSA) is 81.2 Å². The zero-order valence-corrected chi connectivity index (χ0v) is 14.2. The highest BCUT2D eigenvalue weighted by molar-refractivity contribution is 7.98. The maximum absolute atomic E-state index is 11.5. The summed E-state index contributed by atoms with van der Waals surface area (Å²) in [7, 11) is 0. The Morgan fingerprint density at radius 3 is 3.00 bits per heavy atom. The molecule has 1 N–H and O–H groups in total. The van der Waals surface area contributed by atoms with Gasteiger partial charge in [-0.2, -0.15) is 0 Å². The van der Waals surface area contributed by atoms with Gasteiger partial charge >= 0.3 is 0 Å². The Hall–Kier alpha value is -1.76. The summed E-state index contributed by atoms with van der Waals surface area (Å²) >= 11 is 1.51. The molecule has 1 aliphatic rings. The van der Waals surface area contributed by atoms with Crippen molar-refractivity contribution >= 4 is 11.8 Å².